The molecule has 0 spiro atoms. The molecule has 24 heavy (non-hydrogen) atoms. The minimum atomic E-state index is -4.40. The van der Waals surface area contributed by atoms with Crippen LogP contribution in [-0.2, 0) is 6.18 Å². The van der Waals surface area contributed by atoms with E-state index in [9.17, 15) is 13.2 Å². The average Bonchev–Trinajstić information content (AvgIpc) is 2.95. The van der Waals surface area contributed by atoms with Crippen LogP contribution >= 0.6 is 0 Å². The van der Waals surface area contributed by atoms with Gasteiger partial charge in [0.25, 0.3) is 0 Å². The molecule has 7 heteroatoms. The number of rotatable bonds is 1. The lowest BCUT2D eigenvalue weighted by Crippen LogP contribution is -2.38. The van der Waals surface area contributed by atoms with Gasteiger partial charge in [0.2, 0.25) is 0 Å². The first-order valence-corrected chi connectivity index (χ1v) is 7.41. The van der Waals surface area contributed by atoms with Crippen LogP contribution in [0, 0.1) is 0 Å². The Balaban J connectivity index is 1.76. The van der Waals surface area contributed by atoms with E-state index in [-0.39, 0.29) is 6.17 Å². The standard InChI is InChI=1S/C17H13F3N4/c1-10-22-23-16-5-3-12-6-11(2-4-15(12)24(10)16)13-7-14(9-21-8-13)17(18,19)20/h2-10,22H,1H3. The maximum absolute atomic E-state index is 12.9. The van der Waals surface area contributed by atoms with Crippen LogP contribution in [0.25, 0.3) is 17.2 Å². The Morgan fingerprint density at radius 2 is 1.92 bits per heavy atom. The van der Waals surface area contributed by atoms with E-state index in [4.69, 9.17) is 0 Å². The molecule has 1 aromatic heterocycles. The van der Waals surface area contributed by atoms with Crippen molar-refractivity contribution >= 4 is 17.6 Å². The molecule has 0 fully saturated rings. The van der Waals surface area contributed by atoms with Crippen molar-refractivity contribution in [2.45, 2.75) is 19.3 Å². The number of alkyl halides is 3. The fraction of sp³-hybridized carbons (Fsp3) is 0.176. The summed E-state index contributed by atoms with van der Waals surface area (Å²) in [7, 11) is 0. The minimum absolute atomic E-state index is 0.0322. The molecule has 0 saturated carbocycles. The van der Waals surface area contributed by atoms with E-state index in [0.29, 0.717) is 11.1 Å². The van der Waals surface area contributed by atoms with Crippen molar-refractivity contribution in [2.75, 3.05) is 4.90 Å². The van der Waals surface area contributed by atoms with Gasteiger partial charge in [-0.3, -0.25) is 10.4 Å². The molecule has 4 nitrogen and oxygen atoms in total. The summed E-state index contributed by atoms with van der Waals surface area (Å²) in [4.78, 5) is 5.77. The Kier molecular flexibility index (Phi) is 3.13. The summed E-state index contributed by atoms with van der Waals surface area (Å²) in [5.41, 5.74) is 5.28. The van der Waals surface area contributed by atoms with Crippen LogP contribution in [-0.4, -0.2) is 17.0 Å². The lowest BCUT2D eigenvalue weighted by molar-refractivity contribution is -0.137. The largest absolute Gasteiger partial charge is 0.417 e. The Bertz CT molecular complexity index is 870. The summed E-state index contributed by atoms with van der Waals surface area (Å²) in [6.45, 7) is 1.99. The highest BCUT2D eigenvalue weighted by molar-refractivity contribution is 6.13. The number of aromatic nitrogens is 1. The van der Waals surface area contributed by atoms with E-state index in [2.05, 4.69) is 15.5 Å². The molecule has 0 radical (unpaired) electrons. The van der Waals surface area contributed by atoms with Gasteiger partial charge in [-0.2, -0.15) is 18.3 Å². The smallest absolute Gasteiger partial charge is 0.302 e. The van der Waals surface area contributed by atoms with Crippen LogP contribution in [0.4, 0.5) is 18.9 Å². The summed E-state index contributed by atoms with van der Waals surface area (Å²) >= 11 is 0. The highest BCUT2D eigenvalue weighted by Gasteiger charge is 2.31. The van der Waals surface area contributed by atoms with E-state index in [1.54, 1.807) is 6.07 Å². The molecule has 122 valence electrons. The Hall–Kier alpha value is -2.83. The third-order valence-electron chi connectivity index (χ3n) is 4.10. The van der Waals surface area contributed by atoms with Crippen molar-refractivity contribution in [3.05, 3.63) is 53.9 Å². The van der Waals surface area contributed by atoms with Crippen LogP contribution in [0.3, 0.4) is 0 Å². The number of hydrazone groups is 1. The van der Waals surface area contributed by atoms with E-state index in [0.717, 1.165) is 29.3 Å². The zero-order valence-corrected chi connectivity index (χ0v) is 12.7. The number of fused-ring (bicyclic) bond motifs is 3. The molecule has 1 aromatic carbocycles. The fourth-order valence-electron chi connectivity index (χ4n) is 2.92. The van der Waals surface area contributed by atoms with Gasteiger partial charge in [0.1, 0.15) is 6.17 Å². The zero-order valence-electron chi connectivity index (χ0n) is 12.7. The third-order valence-corrected chi connectivity index (χ3v) is 4.10. The number of anilines is 1. The van der Waals surface area contributed by atoms with Gasteiger partial charge in [0.05, 0.1) is 11.3 Å². The normalized spacial score (nSPS) is 18.8. The maximum Gasteiger partial charge on any atom is 0.417 e. The first-order valence-electron chi connectivity index (χ1n) is 7.41. The SMILES string of the molecule is CC1NN=C2C=Cc3cc(-c4cncc(C(F)(F)F)c4)ccc3N21. The zero-order chi connectivity index (χ0) is 16.9. The van der Waals surface area contributed by atoms with Gasteiger partial charge >= 0.3 is 6.18 Å². The molecule has 3 heterocycles. The molecule has 2 aromatic rings. The molecular formula is C17H13F3N4. The summed E-state index contributed by atoms with van der Waals surface area (Å²) in [6, 6.07) is 6.68. The van der Waals surface area contributed by atoms with Crippen molar-refractivity contribution in [1.82, 2.24) is 10.4 Å². The molecular weight excluding hydrogens is 317 g/mol. The highest BCUT2D eigenvalue weighted by Crippen LogP contribution is 2.35. The Morgan fingerprint density at radius 3 is 2.71 bits per heavy atom. The molecule has 4 rings (SSSR count). The number of pyridine rings is 1. The Morgan fingerprint density at radius 1 is 1.08 bits per heavy atom. The van der Waals surface area contributed by atoms with Gasteiger partial charge in [-0.05, 0) is 48.4 Å². The third kappa shape index (κ3) is 2.33. The molecule has 0 aliphatic carbocycles. The lowest BCUT2D eigenvalue weighted by Gasteiger charge is -2.28. The van der Waals surface area contributed by atoms with Gasteiger partial charge in [-0.25, -0.2) is 0 Å². The van der Waals surface area contributed by atoms with Crippen LogP contribution in [0.1, 0.15) is 18.1 Å². The van der Waals surface area contributed by atoms with E-state index in [1.807, 2.05) is 36.1 Å². The first-order chi connectivity index (χ1) is 11.4. The summed E-state index contributed by atoms with van der Waals surface area (Å²) in [6.07, 6.45) is 1.70. The molecule has 0 saturated heterocycles. The monoisotopic (exact) mass is 330 g/mol. The van der Waals surface area contributed by atoms with Crippen LogP contribution in [0.5, 0.6) is 0 Å². The number of benzene rings is 1. The van der Waals surface area contributed by atoms with E-state index < -0.39 is 11.7 Å². The maximum atomic E-state index is 12.9. The number of hydrogen-bond donors (Lipinski definition) is 1. The second-order valence-electron chi connectivity index (χ2n) is 5.71. The molecule has 1 atom stereocenters. The highest BCUT2D eigenvalue weighted by atomic mass is 19.4. The van der Waals surface area contributed by atoms with Gasteiger partial charge < -0.3 is 4.90 Å². The topological polar surface area (TPSA) is 40.5 Å². The van der Waals surface area contributed by atoms with Crippen LogP contribution < -0.4 is 10.3 Å². The average molecular weight is 330 g/mol. The van der Waals surface area contributed by atoms with Gasteiger partial charge in [-0.1, -0.05) is 6.07 Å². The lowest BCUT2D eigenvalue weighted by atomic mass is 9.99. The quantitative estimate of drug-likeness (QED) is 0.863. The summed E-state index contributed by atoms with van der Waals surface area (Å²) < 4.78 is 38.6. The van der Waals surface area contributed by atoms with Crippen LogP contribution in [0.15, 0.2) is 47.8 Å². The Labute approximate surface area is 136 Å². The van der Waals surface area contributed by atoms with Gasteiger partial charge in [0, 0.05) is 18.0 Å². The fourth-order valence-corrected chi connectivity index (χ4v) is 2.92. The molecule has 2 aliphatic rings. The predicted molar refractivity (Wildman–Crippen MR) is 86.2 cm³/mol. The van der Waals surface area contributed by atoms with E-state index >= 15 is 0 Å². The summed E-state index contributed by atoms with van der Waals surface area (Å²) in [5.74, 6) is 0.823. The number of nitrogens with zero attached hydrogens (tertiary/aromatic N) is 3. The number of halogens is 3. The molecule has 2 aliphatic heterocycles. The number of hydrogen-bond acceptors (Lipinski definition) is 4. The predicted octanol–water partition coefficient (Wildman–Crippen LogP) is 3.86. The van der Waals surface area contributed by atoms with Gasteiger partial charge in [-0.15, -0.1) is 0 Å². The molecule has 1 unspecified atom stereocenters. The molecule has 0 amide bonds. The van der Waals surface area contributed by atoms with Crippen molar-refractivity contribution < 1.29 is 13.2 Å². The van der Waals surface area contributed by atoms with Crippen molar-refractivity contribution in [1.29, 1.82) is 0 Å². The minimum Gasteiger partial charge on any atom is -0.302 e. The summed E-state index contributed by atoms with van der Waals surface area (Å²) in [5, 5.41) is 4.23. The van der Waals surface area contributed by atoms with E-state index in [1.165, 1.54) is 6.20 Å². The number of nitrogens with one attached hydrogen (secondary N) is 1. The van der Waals surface area contributed by atoms with Crippen molar-refractivity contribution in [3.63, 3.8) is 0 Å². The van der Waals surface area contributed by atoms with Crippen LogP contribution in [0.2, 0.25) is 0 Å². The molecule has 0 bridgehead atoms. The second kappa shape index (κ2) is 5.09. The van der Waals surface area contributed by atoms with Gasteiger partial charge in [0.15, 0.2) is 5.84 Å². The molecule has 1 N–H and O–H groups in total. The number of amidine groups is 1. The first kappa shape index (κ1) is 14.7. The second-order valence-corrected chi connectivity index (χ2v) is 5.71. The van der Waals surface area contributed by atoms with Crippen molar-refractivity contribution in [2.24, 2.45) is 5.10 Å². The van der Waals surface area contributed by atoms with Crippen molar-refractivity contribution in [3.8, 4) is 11.1 Å².